The van der Waals surface area contributed by atoms with Gasteiger partial charge in [-0.1, -0.05) is 48.0 Å². The second-order valence-corrected chi connectivity index (χ2v) is 6.70. The molecule has 3 rings (SSSR count). The van der Waals surface area contributed by atoms with E-state index in [1.54, 1.807) is 0 Å². The number of anilines is 1. The van der Waals surface area contributed by atoms with E-state index in [9.17, 15) is 4.79 Å². The number of hydrogen-bond acceptors (Lipinski definition) is 5. The summed E-state index contributed by atoms with van der Waals surface area (Å²) in [5.41, 5.74) is 1.27. The van der Waals surface area contributed by atoms with Crippen molar-refractivity contribution in [2.45, 2.75) is 31.7 Å². The molecular weight excluding hydrogens is 350 g/mol. The van der Waals surface area contributed by atoms with Crippen LogP contribution in [0, 0.1) is 0 Å². The van der Waals surface area contributed by atoms with Gasteiger partial charge in [-0.2, -0.15) is 0 Å². The average Bonchev–Trinajstić information content (AvgIpc) is 3.51. The van der Waals surface area contributed by atoms with Gasteiger partial charge in [0.25, 0.3) is 0 Å². The highest BCUT2D eigenvalue weighted by atomic mass is 35.5. The molecule has 1 aliphatic carbocycles. The molecule has 0 unspecified atom stereocenters. The molecule has 26 heavy (non-hydrogen) atoms. The minimum absolute atomic E-state index is 0.137. The van der Waals surface area contributed by atoms with Gasteiger partial charge in [0.2, 0.25) is 0 Å². The van der Waals surface area contributed by atoms with Crippen molar-refractivity contribution in [1.29, 1.82) is 0 Å². The fourth-order valence-corrected chi connectivity index (χ4v) is 3.01. The average molecular weight is 372 g/mol. The van der Waals surface area contributed by atoms with Crippen molar-refractivity contribution >= 4 is 23.4 Å². The van der Waals surface area contributed by atoms with Crippen molar-refractivity contribution < 1.29 is 9.53 Å². The van der Waals surface area contributed by atoms with Gasteiger partial charge in [-0.25, -0.2) is 14.8 Å². The van der Waals surface area contributed by atoms with E-state index in [2.05, 4.69) is 28.6 Å². The van der Waals surface area contributed by atoms with Gasteiger partial charge in [0.1, 0.15) is 10.8 Å². The molecule has 1 aliphatic rings. The Balaban J connectivity index is 2.01. The zero-order chi connectivity index (χ0) is 18.5. The lowest BCUT2D eigenvalue weighted by atomic mass is 10.2. The van der Waals surface area contributed by atoms with Crippen molar-refractivity contribution in [3.63, 3.8) is 0 Å². The van der Waals surface area contributed by atoms with E-state index < -0.39 is 5.97 Å². The predicted octanol–water partition coefficient (Wildman–Crippen LogP) is 4.38. The summed E-state index contributed by atoms with van der Waals surface area (Å²) in [6, 6.07) is 10.1. The van der Waals surface area contributed by atoms with Crippen molar-refractivity contribution in [3.05, 3.63) is 65.1 Å². The van der Waals surface area contributed by atoms with Gasteiger partial charge in [0, 0.05) is 19.0 Å². The van der Waals surface area contributed by atoms with Crippen LogP contribution in [0.5, 0.6) is 0 Å². The zero-order valence-electron chi connectivity index (χ0n) is 14.8. The highest BCUT2D eigenvalue weighted by Gasteiger charge is 2.31. The topological polar surface area (TPSA) is 55.3 Å². The molecule has 0 bridgehead atoms. The number of nitrogens with zero attached hydrogens (tertiary/aromatic N) is 3. The van der Waals surface area contributed by atoms with Gasteiger partial charge < -0.3 is 9.64 Å². The van der Waals surface area contributed by atoms with Crippen LogP contribution in [-0.4, -0.2) is 29.6 Å². The lowest BCUT2D eigenvalue weighted by Gasteiger charge is -2.25. The summed E-state index contributed by atoms with van der Waals surface area (Å²) in [4.78, 5) is 23.3. The van der Waals surface area contributed by atoms with Crippen LogP contribution in [0.25, 0.3) is 0 Å². The molecule has 0 N–H and O–H groups in total. The molecule has 1 fully saturated rings. The first-order valence-corrected chi connectivity index (χ1v) is 9.07. The van der Waals surface area contributed by atoms with Gasteiger partial charge in [-0.3, -0.25) is 0 Å². The third-order valence-electron chi connectivity index (χ3n) is 4.29. The van der Waals surface area contributed by atoms with E-state index in [0.717, 1.165) is 24.8 Å². The van der Waals surface area contributed by atoms with Crippen LogP contribution in [-0.2, 0) is 11.3 Å². The van der Waals surface area contributed by atoms with E-state index in [4.69, 9.17) is 21.3 Å². The first-order valence-electron chi connectivity index (χ1n) is 8.69. The van der Waals surface area contributed by atoms with E-state index in [1.807, 2.05) is 24.3 Å². The Kier molecular flexibility index (Phi) is 5.89. The van der Waals surface area contributed by atoms with E-state index >= 15 is 0 Å². The molecule has 1 saturated carbocycles. The number of benzene rings is 1. The summed E-state index contributed by atoms with van der Waals surface area (Å²) in [5.74, 6) is 1.01. The molecule has 1 aromatic carbocycles. The number of hydrogen-bond donors (Lipinski definition) is 0. The first-order chi connectivity index (χ1) is 12.6. The van der Waals surface area contributed by atoms with Crippen molar-refractivity contribution in [1.82, 2.24) is 9.97 Å². The highest BCUT2D eigenvalue weighted by molar-refractivity contribution is 6.35. The Hall–Kier alpha value is -2.40. The maximum Gasteiger partial charge on any atom is 0.358 e. The summed E-state index contributed by atoms with van der Waals surface area (Å²) < 4.78 is 4.86. The highest BCUT2D eigenvalue weighted by Crippen LogP contribution is 2.40. The number of rotatable bonds is 8. The Bertz CT molecular complexity index is 791. The molecule has 136 valence electrons. The predicted molar refractivity (Wildman–Crippen MR) is 103 cm³/mol. The van der Waals surface area contributed by atoms with Crippen LogP contribution >= 0.6 is 11.6 Å². The molecule has 5 nitrogen and oxygen atoms in total. The fourth-order valence-electron chi connectivity index (χ4n) is 2.73. The van der Waals surface area contributed by atoms with Crippen LogP contribution in [0.4, 0.5) is 5.82 Å². The number of ether oxygens (including phenoxy) is 1. The maximum absolute atomic E-state index is 12.1. The number of carbonyl (C=O) groups is 1. The van der Waals surface area contributed by atoms with Gasteiger partial charge in [0.05, 0.1) is 7.11 Å². The third-order valence-corrected chi connectivity index (χ3v) is 4.64. The molecule has 0 amide bonds. The minimum Gasteiger partial charge on any atom is -0.464 e. The summed E-state index contributed by atoms with van der Waals surface area (Å²) in [6.45, 7) is 5.13. The lowest BCUT2D eigenvalue weighted by molar-refractivity contribution is 0.0593. The van der Waals surface area contributed by atoms with Gasteiger partial charge in [0.15, 0.2) is 11.5 Å². The molecule has 0 spiro atoms. The standard InChI is InChI=1S/C20H22ClN3O2/c1-3-4-12-24(13-14-8-6-5-7-9-14)19-16(21)17(20(25)26-2)22-18(23-19)15-10-11-15/h3,5-9,15H,1,4,10-13H2,2H3. The summed E-state index contributed by atoms with van der Waals surface area (Å²) in [7, 11) is 1.33. The molecule has 0 aliphatic heterocycles. The first kappa shape index (κ1) is 18.4. The second-order valence-electron chi connectivity index (χ2n) is 6.32. The van der Waals surface area contributed by atoms with Crippen molar-refractivity contribution in [3.8, 4) is 0 Å². The second kappa shape index (κ2) is 8.32. The molecule has 1 heterocycles. The summed E-state index contributed by atoms with van der Waals surface area (Å²) in [6.07, 6.45) is 4.70. The van der Waals surface area contributed by atoms with Crippen molar-refractivity contribution in [2.24, 2.45) is 0 Å². The molecule has 1 aromatic heterocycles. The van der Waals surface area contributed by atoms with Gasteiger partial charge >= 0.3 is 5.97 Å². The largest absolute Gasteiger partial charge is 0.464 e. The molecule has 6 heteroatoms. The van der Waals surface area contributed by atoms with Gasteiger partial charge in [-0.15, -0.1) is 6.58 Å². The van der Waals surface area contributed by atoms with Crippen LogP contribution in [0.1, 0.15) is 47.1 Å². The van der Waals surface area contributed by atoms with E-state index in [0.29, 0.717) is 30.6 Å². The Morgan fingerprint density at radius 3 is 2.69 bits per heavy atom. The van der Waals surface area contributed by atoms with Crippen LogP contribution in [0.2, 0.25) is 5.02 Å². The normalized spacial score (nSPS) is 13.3. The monoisotopic (exact) mass is 371 g/mol. The fraction of sp³-hybridized carbons (Fsp3) is 0.350. The number of carbonyl (C=O) groups excluding carboxylic acids is 1. The number of aromatic nitrogens is 2. The third kappa shape index (κ3) is 4.22. The molecule has 2 aromatic rings. The number of methoxy groups -OCH3 is 1. The molecule has 0 atom stereocenters. The zero-order valence-corrected chi connectivity index (χ0v) is 15.6. The number of esters is 1. The van der Waals surface area contributed by atoms with Crippen molar-refractivity contribution in [2.75, 3.05) is 18.6 Å². The van der Waals surface area contributed by atoms with Crippen LogP contribution in [0.3, 0.4) is 0 Å². The Morgan fingerprint density at radius 2 is 2.08 bits per heavy atom. The summed E-state index contributed by atoms with van der Waals surface area (Å²) in [5, 5.41) is 0.237. The molecule has 0 saturated heterocycles. The van der Waals surface area contributed by atoms with E-state index in [-0.39, 0.29) is 10.7 Å². The SMILES string of the molecule is C=CCCN(Cc1ccccc1)c1nc(C2CC2)nc(C(=O)OC)c1Cl. The minimum atomic E-state index is -0.538. The Morgan fingerprint density at radius 1 is 1.35 bits per heavy atom. The van der Waals surface area contributed by atoms with Crippen LogP contribution in [0.15, 0.2) is 43.0 Å². The van der Waals surface area contributed by atoms with E-state index in [1.165, 1.54) is 7.11 Å². The molecule has 0 radical (unpaired) electrons. The quantitative estimate of drug-likeness (QED) is 0.509. The molecular formula is C20H22ClN3O2. The van der Waals surface area contributed by atoms with Gasteiger partial charge in [-0.05, 0) is 24.8 Å². The summed E-state index contributed by atoms with van der Waals surface area (Å²) >= 11 is 6.53. The van der Waals surface area contributed by atoms with Crippen LogP contribution < -0.4 is 4.90 Å². The maximum atomic E-state index is 12.1. The Labute approximate surface area is 158 Å². The number of halogens is 1. The smallest absolute Gasteiger partial charge is 0.358 e. The lowest BCUT2D eigenvalue weighted by Crippen LogP contribution is -2.26.